The van der Waals surface area contributed by atoms with Crippen molar-refractivity contribution in [2.24, 2.45) is 0 Å². The minimum Gasteiger partial charge on any atom is -0.296 e. The predicted molar refractivity (Wildman–Crippen MR) is 61.3 cm³/mol. The van der Waals surface area contributed by atoms with Gasteiger partial charge >= 0.3 is 0 Å². The second-order valence-electron chi connectivity index (χ2n) is 3.89. The van der Waals surface area contributed by atoms with Gasteiger partial charge in [-0.25, -0.2) is 0 Å². The molecule has 0 spiro atoms. The summed E-state index contributed by atoms with van der Waals surface area (Å²) in [6.07, 6.45) is 2.59. The smallest absolute Gasteiger partial charge is 0.169 e. The minimum absolute atomic E-state index is 0.539. The van der Waals surface area contributed by atoms with Gasteiger partial charge in [0.05, 0.1) is 0 Å². The van der Waals surface area contributed by atoms with Crippen LogP contribution in [0.15, 0.2) is 18.3 Å². The van der Waals surface area contributed by atoms with Crippen molar-refractivity contribution in [1.82, 2.24) is 4.98 Å². The van der Waals surface area contributed by atoms with Crippen LogP contribution >= 0.6 is 0 Å². The zero-order valence-electron chi connectivity index (χ0n) is 9.16. The molecule has 0 aliphatic heterocycles. The van der Waals surface area contributed by atoms with E-state index in [0.29, 0.717) is 5.69 Å². The molecule has 1 heterocycles. The number of pyridine rings is 1. The van der Waals surface area contributed by atoms with Crippen molar-refractivity contribution in [3.05, 3.63) is 40.7 Å². The third-order valence-electron chi connectivity index (χ3n) is 2.78. The van der Waals surface area contributed by atoms with Gasteiger partial charge in [0.2, 0.25) is 0 Å². The van der Waals surface area contributed by atoms with E-state index in [0.717, 1.165) is 28.2 Å². The van der Waals surface area contributed by atoms with Gasteiger partial charge in [0, 0.05) is 11.6 Å². The highest BCUT2D eigenvalue weighted by Crippen LogP contribution is 2.26. The lowest BCUT2D eigenvalue weighted by Crippen LogP contribution is -1.95. The summed E-state index contributed by atoms with van der Waals surface area (Å²) in [4.78, 5) is 15.1. The van der Waals surface area contributed by atoms with Crippen LogP contribution in [0.4, 0.5) is 0 Å². The van der Waals surface area contributed by atoms with Gasteiger partial charge in [0.1, 0.15) is 5.69 Å². The lowest BCUT2D eigenvalue weighted by Gasteiger charge is -2.09. The number of aryl methyl sites for hydroxylation is 3. The molecule has 0 amide bonds. The topological polar surface area (TPSA) is 30.0 Å². The van der Waals surface area contributed by atoms with Crippen molar-refractivity contribution >= 4 is 17.1 Å². The van der Waals surface area contributed by atoms with Gasteiger partial charge in [-0.15, -0.1) is 0 Å². The van der Waals surface area contributed by atoms with Crippen LogP contribution in [0.5, 0.6) is 0 Å². The number of fused-ring (bicyclic) bond motifs is 1. The minimum atomic E-state index is 0.539. The standard InChI is InChI=1S/C13H13NO/c1-8-4-5-9(2)13-11(7-15)14-6-10(3)12(8)13/h4-7H,1-3H3. The fourth-order valence-corrected chi connectivity index (χ4v) is 2.03. The summed E-state index contributed by atoms with van der Waals surface area (Å²) in [7, 11) is 0. The predicted octanol–water partition coefficient (Wildman–Crippen LogP) is 2.97. The van der Waals surface area contributed by atoms with Gasteiger partial charge in [-0.1, -0.05) is 12.1 Å². The van der Waals surface area contributed by atoms with E-state index in [-0.39, 0.29) is 0 Å². The van der Waals surface area contributed by atoms with Gasteiger partial charge in [-0.3, -0.25) is 9.78 Å². The number of aldehydes is 1. The molecule has 0 unspecified atom stereocenters. The monoisotopic (exact) mass is 199 g/mol. The van der Waals surface area contributed by atoms with E-state index in [2.05, 4.69) is 18.0 Å². The second kappa shape index (κ2) is 3.46. The van der Waals surface area contributed by atoms with Crippen molar-refractivity contribution in [2.45, 2.75) is 20.8 Å². The molecule has 0 fully saturated rings. The molecule has 2 nitrogen and oxygen atoms in total. The van der Waals surface area contributed by atoms with E-state index in [1.807, 2.05) is 19.9 Å². The van der Waals surface area contributed by atoms with Crippen LogP contribution in [0.3, 0.4) is 0 Å². The number of rotatable bonds is 1. The molecular formula is C13H13NO. The van der Waals surface area contributed by atoms with Crippen LogP contribution in [0.1, 0.15) is 27.2 Å². The summed E-state index contributed by atoms with van der Waals surface area (Å²) in [5, 5.41) is 2.15. The first-order valence-corrected chi connectivity index (χ1v) is 4.96. The maximum absolute atomic E-state index is 10.9. The number of benzene rings is 1. The Morgan fingerprint density at radius 3 is 2.20 bits per heavy atom. The highest BCUT2D eigenvalue weighted by atomic mass is 16.1. The van der Waals surface area contributed by atoms with Crippen molar-refractivity contribution in [2.75, 3.05) is 0 Å². The van der Waals surface area contributed by atoms with Crippen LogP contribution in [-0.4, -0.2) is 11.3 Å². The van der Waals surface area contributed by atoms with Crippen LogP contribution in [0.25, 0.3) is 10.8 Å². The first-order valence-electron chi connectivity index (χ1n) is 4.96. The van der Waals surface area contributed by atoms with Gasteiger partial charge in [-0.2, -0.15) is 0 Å². The van der Waals surface area contributed by atoms with E-state index < -0.39 is 0 Å². The Morgan fingerprint density at radius 1 is 1.00 bits per heavy atom. The molecule has 0 aliphatic carbocycles. The van der Waals surface area contributed by atoms with Crippen molar-refractivity contribution < 1.29 is 4.79 Å². The molecule has 2 aromatic rings. The number of hydrogen-bond acceptors (Lipinski definition) is 2. The molecule has 0 atom stereocenters. The molecule has 2 heteroatoms. The van der Waals surface area contributed by atoms with Crippen LogP contribution in [0, 0.1) is 20.8 Å². The van der Waals surface area contributed by atoms with Gasteiger partial charge < -0.3 is 0 Å². The van der Waals surface area contributed by atoms with Crippen LogP contribution in [-0.2, 0) is 0 Å². The van der Waals surface area contributed by atoms with Gasteiger partial charge in [0.15, 0.2) is 6.29 Å². The molecule has 0 N–H and O–H groups in total. The Labute approximate surface area is 89.0 Å². The number of carbonyl (C=O) groups is 1. The zero-order chi connectivity index (χ0) is 11.0. The molecule has 0 bridgehead atoms. The van der Waals surface area contributed by atoms with Crippen molar-refractivity contribution in [3.63, 3.8) is 0 Å². The third-order valence-corrected chi connectivity index (χ3v) is 2.78. The number of hydrogen-bond donors (Lipinski definition) is 0. The maximum Gasteiger partial charge on any atom is 0.169 e. The van der Waals surface area contributed by atoms with Crippen molar-refractivity contribution in [1.29, 1.82) is 0 Å². The largest absolute Gasteiger partial charge is 0.296 e. The average Bonchev–Trinajstić information content (AvgIpc) is 2.23. The summed E-state index contributed by atoms with van der Waals surface area (Å²) < 4.78 is 0. The first kappa shape index (κ1) is 9.84. The van der Waals surface area contributed by atoms with E-state index in [1.165, 1.54) is 5.56 Å². The summed E-state index contributed by atoms with van der Waals surface area (Å²) in [5.74, 6) is 0. The van der Waals surface area contributed by atoms with E-state index >= 15 is 0 Å². The molecular weight excluding hydrogens is 186 g/mol. The Kier molecular flexibility index (Phi) is 2.27. The summed E-state index contributed by atoms with van der Waals surface area (Å²) >= 11 is 0. The molecule has 1 aromatic carbocycles. The van der Waals surface area contributed by atoms with E-state index in [1.54, 1.807) is 6.20 Å². The Balaban J connectivity index is 3.05. The van der Waals surface area contributed by atoms with E-state index in [9.17, 15) is 4.79 Å². The second-order valence-corrected chi connectivity index (χ2v) is 3.89. The zero-order valence-corrected chi connectivity index (χ0v) is 9.16. The lowest BCUT2D eigenvalue weighted by molar-refractivity contribution is 0.112. The van der Waals surface area contributed by atoms with Crippen molar-refractivity contribution in [3.8, 4) is 0 Å². The number of aromatic nitrogens is 1. The normalized spacial score (nSPS) is 10.6. The molecule has 1 aromatic heterocycles. The molecule has 0 radical (unpaired) electrons. The van der Waals surface area contributed by atoms with Gasteiger partial charge in [-0.05, 0) is 42.8 Å². The maximum atomic E-state index is 10.9. The fourth-order valence-electron chi connectivity index (χ4n) is 2.03. The van der Waals surface area contributed by atoms with Crippen LogP contribution in [0.2, 0.25) is 0 Å². The third kappa shape index (κ3) is 1.42. The quantitative estimate of drug-likeness (QED) is 0.661. The number of nitrogens with zero attached hydrogens (tertiary/aromatic N) is 1. The lowest BCUT2D eigenvalue weighted by atomic mass is 9.97. The molecule has 0 aliphatic rings. The molecule has 0 saturated heterocycles. The van der Waals surface area contributed by atoms with Gasteiger partial charge in [0.25, 0.3) is 0 Å². The first-order chi connectivity index (χ1) is 7.15. The average molecular weight is 199 g/mol. The number of carbonyl (C=O) groups excluding carboxylic acids is 1. The SMILES string of the molecule is Cc1ccc(C)c2c(C=O)ncc(C)c12. The Bertz CT molecular complexity index is 535. The molecule has 15 heavy (non-hydrogen) atoms. The highest BCUT2D eigenvalue weighted by molar-refractivity contribution is 6.00. The Morgan fingerprint density at radius 2 is 1.60 bits per heavy atom. The highest BCUT2D eigenvalue weighted by Gasteiger charge is 2.08. The van der Waals surface area contributed by atoms with Crippen LogP contribution < -0.4 is 0 Å². The van der Waals surface area contributed by atoms with E-state index in [4.69, 9.17) is 0 Å². The summed E-state index contributed by atoms with van der Waals surface area (Å²) in [6.45, 7) is 6.09. The Hall–Kier alpha value is -1.70. The molecule has 0 saturated carbocycles. The molecule has 2 rings (SSSR count). The summed E-state index contributed by atoms with van der Waals surface area (Å²) in [6, 6.07) is 4.12. The fraction of sp³-hybridized carbons (Fsp3) is 0.231. The summed E-state index contributed by atoms with van der Waals surface area (Å²) in [5.41, 5.74) is 3.96. The molecule has 76 valence electrons.